The highest BCUT2D eigenvalue weighted by molar-refractivity contribution is 6.46. The Morgan fingerprint density at radius 3 is 2.13 bits per heavy atom. The largest absolute Gasteiger partial charge is 0.423 e. The highest BCUT2D eigenvalue weighted by Crippen LogP contribution is 2.42. The molecule has 0 aliphatic carbocycles. The van der Waals surface area contributed by atoms with Gasteiger partial charge in [0.25, 0.3) is 0 Å². The van der Waals surface area contributed by atoms with Crippen LogP contribution in [0.4, 0.5) is 0 Å². The normalized spacial score (nSPS) is 10.0. The van der Waals surface area contributed by atoms with Crippen molar-refractivity contribution in [2.75, 3.05) is 0 Å². The number of halogens is 3. The van der Waals surface area contributed by atoms with E-state index in [0.29, 0.717) is 6.42 Å². The Morgan fingerprint density at radius 1 is 0.957 bits per heavy atom. The SMILES string of the molecule is CCCCCCCC(=O)Oc1c(Cl)c(Cl)c(C#N)c(Cl)c1C#N. The molecule has 0 atom stereocenters. The molecule has 1 aromatic rings. The van der Waals surface area contributed by atoms with E-state index >= 15 is 0 Å². The summed E-state index contributed by atoms with van der Waals surface area (Å²) >= 11 is 17.9. The lowest BCUT2D eigenvalue weighted by molar-refractivity contribution is -0.134. The minimum Gasteiger partial charge on any atom is -0.423 e. The zero-order chi connectivity index (χ0) is 17.4. The maximum absolute atomic E-state index is 11.9. The van der Waals surface area contributed by atoms with Crippen molar-refractivity contribution in [3.05, 3.63) is 26.2 Å². The molecule has 0 spiro atoms. The van der Waals surface area contributed by atoms with Gasteiger partial charge in [-0.05, 0) is 6.42 Å². The fraction of sp³-hybridized carbons (Fsp3) is 0.438. The minimum atomic E-state index is -0.517. The molecular weight excluding hydrogens is 359 g/mol. The number of carbonyl (C=O) groups is 1. The van der Waals surface area contributed by atoms with Crippen LogP contribution in [0.1, 0.15) is 56.6 Å². The van der Waals surface area contributed by atoms with Crippen LogP contribution in [0.25, 0.3) is 0 Å². The minimum absolute atomic E-state index is 0.116. The summed E-state index contributed by atoms with van der Waals surface area (Å²) in [4.78, 5) is 11.9. The standard InChI is InChI=1S/C16H15Cl3N2O2/c1-2-3-4-5-6-7-12(22)23-16-11(9-21)13(17)10(8-20)14(18)15(16)19/h2-7H2,1H3. The highest BCUT2D eigenvalue weighted by Gasteiger charge is 2.24. The first kappa shape index (κ1) is 19.6. The van der Waals surface area contributed by atoms with E-state index < -0.39 is 5.97 Å². The zero-order valence-corrected chi connectivity index (χ0v) is 14.9. The molecule has 7 heteroatoms. The van der Waals surface area contributed by atoms with Crippen molar-refractivity contribution >= 4 is 40.8 Å². The Balaban J connectivity index is 2.91. The van der Waals surface area contributed by atoms with Crippen LogP contribution < -0.4 is 4.74 Å². The quantitative estimate of drug-likeness (QED) is 0.267. The monoisotopic (exact) mass is 372 g/mol. The molecule has 0 aliphatic rings. The van der Waals surface area contributed by atoms with Crippen molar-refractivity contribution in [1.82, 2.24) is 0 Å². The van der Waals surface area contributed by atoms with Crippen LogP contribution in [0, 0.1) is 22.7 Å². The molecular formula is C16H15Cl3N2O2. The highest BCUT2D eigenvalue weighted by atomic mass is 35.5. The van der Waals surface area contributed by atoms with E-state index in [-0.39, 0.29) is 38.4 Å². The van der Waals surface area contributed by atoms with Gasteiger partial charge in [-0.1, -0.05) is 67.4 Å². The third-order valence-corrected chi connectivity index (χ3v) is 4.41. The van der Waals surface area contributed by atoms with Gasteiger partial charge in [-0.2, -0.15) is 10.5 Å². The molecule has 0 aliphatic heterocycles. The molecule has 0 heterocycles. The zero-order valence-electron chi connectivity index (χ0n) is 12.6. The first-order valence-electron chi connectivity index (χ1n) is 7.19. The van der Waals surface area contributed by atoms with Crippen molar-refractivity contribution in [2.45, 2.75) is 45.4 Å². The van der Waals surface area contributed by atoms with Crippen molar-refractivity contribution in [1.29, 1.82) is 10.5 Å². The molecule has 0 radical (unpaired) electrons. The van der Waals surface area contributed by atoms with Gasteiger partial charge in [-0.3, -0.25) is 4.79 Å². The molecule has 0 unspecified atom stereocenters. The lowest BCUT2D eigenvalue weighted by Crippen LogP contribution is -2.10. The summed E-state index contributed by atoms with van der Waals surface area (Å²) in [5.41, 5.74) is -0.286. The Bertz CT molecular complexity index is 676. The van der Waals surface area contributed by atoms with Gasteiger partial charge in [0.15, 0.2) is 5.75 Å². The summed E-state index contributed by atoms with van der Waals surface area (Å²) in [6.07, 6.45) is 5.13. The average molecular weight is 374 g/mol. The molecule has 0 aromatic heterocycles. The van der Waals surface area contributed by atoms with Gasteiger partial charge < -0.3 is 4.74 Å². The molecule has 23 heavy (non-hydrogen) atoms. The number of unbranched alkanes of at least 4 members (excludes halogenated alkanes) is 4. The van der Waals surface area contributed by atoms with Crippen LogP contribution >= 0.6 is 34.8 Å². The van der Waals surface area contributed by atoms with Gasteiger partial charge in [0.1, 0.15) is 22.7 Å². The molecule has 1 aromatic carbocycles. The molecule has 0 saturated heterocycles. The van der Waals surface area contributed by atoms with Gasteiger partial charge in [-0.15, -0.1) is 0 Å². The summed E-state index contributed by atoms with van der Waals surface area (Å²) in [6.45, 7) is 2.11. The number of nitrogens with zero attached hydrogens (tertiary/aromatic N) is 2. The van der Waals surface area contributed by atoms with Crippen LogP contribution in [-0.2, 0) is 4.79 Å². The summed E-state index contributed by atoms with van der Waals surface area (Å²) in [7, 11) is 0. The van der Waals surface area contributed by atoms with E-state index in [0.717, 1.165) is 25.7 Å². The Kier molecular flexibility index (Phi) is 8.20. The molecule has 122 valence electrons. The molecule has 0 bridgehead atoms. The summed E-state index contributed by atoms with van der Waals surface area (Å²) in [5, 5.41) is 17.7. The van der Waals surface area contributed by atoms with E-state index in [4.69, 9.17) is 44.8 Å². The Labute approximate surface area is 150 Å². The second-order valence-corrected chi connectivity index (χ2v) is 6.02. The summed E-state index contributed by atoms with van der Waals surface area (Å²) < 4.78 is 5.16. The number of benzene rings is 1. The predicted molar refractivity (Wildman–Crippen MR) is 89.9 cm³/mol. The van der Waals surface area contributed by atoms with E-state index in [1.807, 2.05) is 0 Å². The van der Waals surface area contributed by atoms with Crippen molar-refractivity contribution in [3.63, 3.8) is 0 Å². The lowest BCUT2D eigenvalue weighted by atomic mass is 10.1. The summed E-state index contributed by atoms with van der Waals surface area (Å²) in [5.74, 6) is -0.710. The third-order valence-electron chi connectivity index (χ3n) is 3.20. The second-order valence-electron chi connectivity index (χ2n) is 4.88. The fourth-order valence-corrected chi connectivity index (χ4v) is 2.74. The predicted octanol–water partition coefficient (Wildman–Crippen LogP) is 5.66. The number of rotatable bonds is 7. The third kappa shape index (κ3) is 5.01. The van der Waals surface area contributed by atoms with Crippen LogP contribution in [0.3, 0.4) is 0 Å². The van der Waals surface area contributed by atoms with E-state index in [2.05, 4.69) is 6.92 Å². The maximum Gasteiger partial charge on any atom is 0.311 e. The molecule has 0 fully saturated rings. The average Bonchev–Trinajstić information content (AvgIpc) is 2.53. The molecule has 4 nitrogen and oxygen atoms in total. The van der Waals surface area contributed by atoms with Crippen molar-refractivity contribution < 1.29 is 9.53 Å². The molecule has 0 N–H and O–H groups in total. The van der Waals surface area contributed by atoms with Gasteiger partial charge in [-0.25, -0.2) is 0 Å². The number of esters is 1. The number of ether oxygens (including phenoxy) is 1. The summed E-state index contributed by atoms with van der Waals surface area (Å²) in [6, 6.07) is 3.57. The Morgan fingerprint density at radius 2 is 1.57 bits per heavy atom. The first-order valence-corrected chi connectivity index (χ1v) is 8.32. The smallest absolute Gasteiger partial charge is 0.311 e. The van der Waals surface area contributed by atoms with Crippen LogP contribution in [0.2, 0.25) is 15.1 Å². The van der Waals surface area contributed by atoms with Gasteiger partial charge >= 0.3 is 5.97 Å². The first-order chi connectivity index (χ1) is 11.0. The van der Waals surface area contributed by atoms with Crippen molar-refractivity contribution in [3.8, 4) is 17.9 Å². The number of carbonyl (C=O) groups excluding carboxylic acids is 1. The molecule has 1 rings (SSSR count). The number of hydrogen-bond donors (Lipinski definition) is 0. The van der Waals surface area contributed by atoms with Gasteiger partial charge in [0.2, 0.25) is 0 Å². The lowest BCUT2D eigenvalue weighted by Gasteiger charge is -2.12. The number of hydrogen-bond acceptors (Lipinski definition) is 4. The van der Waals surface area contributed by atoms with Gasteiger partial charge in [0, 0.05) is 6.42 Å². The fourth-order valence-electron chi connectivity index (χ4n) is 1.97. The van der Waals surface area contributed by atoms with E-state index in [1.54, 1.807) is 12.1 Å². The number of nitriles is 2. The van der Waals surface area contributed by atoms with Gasteiger partial charge in [0.05, 0.1) is 15.6 Å². The molecule has 0 saturated carbocycles. The van der Waals surface area contributed by atoms with Crippen LogP contribution in [-0.4, -0.2) is 5.97 Å². The van der Waals surface area contributed by atoms with E-state index in [9.17, 15) is 10.1 Å². The second kappa shape index (κ2) is 9.63. The van der Waals surface area contributed by atoms with Crippen LogP contribution in [0.15, 0.2) is 0 Å². The topological polar surface area (TPSA) is 73.9 Å². The van der Waals surface area contributed by atoms with Crippen LogP contribution in [0.5, 0.6) is 5.75 Å². The van der Waals surface area contributed by atoms with E-state index in [1.165, 1.54) is 0 Å². The van der Waals surface area contributed by atoms with Crippen molar-refractivity contribution in [2.24, 2.45) is 0 Å². The molecule has 0 amide bonds. The Hall–Kier alpha value is -1.46. The maximum atomic E-state index is 11.9.